The van der Waals surface area contributed by atoms with Crippen LogP contribution in [0.15, 0.2) is 29.2 Å². The van der Waals surface area contributed by atoms with Crippen LogP contribution in [0.3, 0.4) is 0 Å². The van der Waals surface area contributed by atoms with Crippen molar-refractivity contribution in [2.24, 2.45) is 0 Å². The quantitative estimate of drug-likeness (QED) is 0.868. The van der Waals surface area contributed by atoms with Crippen LogP contribution in [0, 0.1) is 0 Å². The van der Waals surface area contributed by atoms with Crippen molar-refractivity contribution in [3.05, 3.63) is 29.8 Å². The third-order valence-electron chi connectivity index (χ3n) is 4.64. The Morgan fingerprint density at radius 3 is 2.17 bits per heavy atom. The number of hydrogen-bond acceptors (Lipinski definition) is 4. The zero-order valence-corrected chi connectivity index (χ0v) is 15.1. The molecule has 0 atom stereocenters. The highest BCUT2D eigenvalue weighted by Gasteiger charge is 2.28. The molecule has 0 spiro atoms. The first-order valence-corrected chi connectivity index (χ1v) is 10.0. The molecule has 0 unspecified atom stereocenters. The van der Waals surface area contributed by atoms with Crippen molar-refractivity contribution in [1.82, 2.24) is 14.5 Å². The zero-order valence-electron chi connectivity index (χ0n) is 14.2. The molecule has 1 amide bonds. The Hall–Kier alpha value is -1.44. The van der Waals surface area contributed by atoms with Crippen LogP contribution >= 0.6 is 0 Å². The normalized spacial score (nSPS) is 19.7. The molecule has 1 N–H and O–H groups in total. The summed E-state index contributed by atoms with van der Waals surface area (Å²) in [5.74, 6) is -0.0301. The van der Waals surface area contributed by atoms with Crippen LogP contribution in [0.4, 0.5) is 0 Å². The van der Waals surface area contributed by atoms with Gasteiger partial charge in [0.15, 0.2) is 0 Å². The standard InChI is InChI=1S/C17H25N3O3S/c1-13(2)19-9-11-20(12-10-19)17(21)14-3-7-16(8-4-14)24(22,23)18-15-5-6-15/h3-4,7-8,13,15,18H,5-6,9-12H2,1-2H3. The van der Waals surface area contributed by atoms with E-state index in [1.54, 1.807) is 12.1 Å². The summed E-state index contributed by atoms with van der Waals surface area (Å²) >= 11 is 0. The van der Waals surface area contributed by atoms with E-state index in [0.717, 1.165) is 25.9 Å². The second-order valence-electron chi connectivity index (χ2n) is 6.84. The minimum Gasteiger partial charge on any atom is -0.336 e. The minimum absolute atomic E-state index is 0.0301. The van der Waals surface area contributed by atoms with Gasteiger partial charge in [-0.05, 0) is 51.0 Å². The molecule has 0 radical (unpaired) electrons. The van der Waals surface area contributed by atoms with Gasteiger partial charge in [0, 0.05) is 43.8 Å². The van der Waals surface area contributed by atoms with Crippen LogP contribution in [-0.2, 0) is 10.0 Å². The number of rotatable bonds is 5. The molecule has 132 valence electrons. The maximum absolute atomic E-state index is 12.6. The molecule has 0 bridgehead atoms. The van der Waals surface area contributed by atoms with Crippen LogP contribution in [0.2, 0.25) is 0 Å². The van der Waals surface area contributed by atoms with Gasteiger partial charge in [0.25, 0.3) is 5.91 Å². The average molecular weight is 351 g/mol. The van der Waals surface area contributed by atoms with Crippen molar-refractivity contribution in [2.45, 2.75) is 43.7 Å². The zero-order chi connectivity index (χ0) is 17.3. The van der Waals surface area contributed by atoms with E-state index < -0.39 is 10.0 Å². The van der Waals surface area contributed by atoms with E-state index in [1.807, 2.05) is 4.90 Å². The number of carbonyl (C=O) groups is 1. The highest BCUT2D eigenvalue weighted by Crippen LogP contribution is 2.22. The molecule has 1 aliphatic carbocycles. The van der Waals surface area contributed by atoms with Gasteiger partial charge in [-0.25, -0.2) is 13.1 Å². The maximum Gasteiger partial charge on any atom is 0.253 e. The van der Waals surface area contributed by atoms with Gasteiger partial charge in [-0.1, -0.05) is 0 Å². The van der Waals surface area contributed by atoms with Gasteiger partial charge < -0.3 is 4.90 Å². The molecular formula is C17H25N3O3S. The van der Waals surface area contributed by atoms with Crippen LogP contribution in [-0.4, -0.2) is 62.4 Å². The number of benzene rings is 1. The van der Waals surface area contributed by atoms with Crippen LogP contribution in [0.5, 0.6) is 0 Å². The van der Waals surface area contributed by atoms with Crippen LogP contribution in [0.1, 0.15) is 37.0 Å². The van der Waals surface area contributed by atoms with Gasteiger partial charge in [0.05, 0.1) is 4.90 Å². The first kappa shape index (κ1) is 17.4. The molecule has 1 aromatic carbocycles. The molecule has 1 aromatic rings. The van der Waals surface area contributed by atoms with E-state index in [0.29, 0.717) is 24.7 Å². The first-order chi connectivity index (χ1) is 11.4. The second kappa shape index (κ2) is 6.82. The second-order valence-corrected chi connectivity index (χ2v) is 8.56. The topological polar surface area (TPSA) is 69.7 Å². The number of nitrogens with zero attached hydrogens (tertiary/aromatic N) is 2. The predicted octanol–water partition coefficient (Wildman–Crippen LogP) is 1.29. The lowest BCUT2D eigenvalue weighted by Gasteiger charge is -2.37. The Labute approximate surface area is 143 Å². The third kappa shape index (κ3) is 3.96. The smallest absolute Gasteiger partial charge is 0.253 e. The van der Waals surface area contributed by atoms with Crippen LogP contribution in [0.25, 0.3) is 0 Å². The van der Waals surface area contributed by atoms with Gasteiger partial charge in [0.2, 0.25) is 10.0 Å². The lowest BCUT2D eigenvalue weighted by Crippen LogP contribution is -2.50. The van der Waals surface area contributed by atoms with Crippen molar-refractivity contribution < 1.29 is 13.2 Å². The summed E-state index contributed by atoms with van der Waals surface area (Å²) in [4.78, 5) is 17.0. The van der Waals surface area contributed by atoms with E-state index in [4.69, 9.17) is 0 Å². The van der Waals surface area contributed by atoms with Crippen molar-refractivity contribution in [3.63, 3.8) is 0 Å². The van der Waals surface area contributed by atoms with Gasteiger partial charge in [-0.2, -0.15) is 0 Å². The van der Waals surface area contributed by atoms with E-state index in [1.165, 1.54) is 12.1 Å². The van der Waals surface area contributed by atoms with E-state index in [9.17, 15) is 13.2 Å². The molecule has 2 aliphatic rings. The van der Waals surface area contributed by atoms with Gasteiger partial charge in [0.1, 0.15) is 0 Å². The summed E-state index contributed by atoms with van der Waals surface area (Å²) in [5, 5.41) is 0. The Morgan fingerprint density at radius 1 is 1.08 bits per heavy atom. The molecule has 1 saturated heterocycles. The molecule has 0 aromatic heterocycles. The Bertz CT molecular complexity index is 688. The molecule has 1 aliphatic heterocycles. The molecule has 3 rings (SSSR count). The fourth-order valence-electron chi connectivity index (χ4n) is 2.89. The highest BCUT2D eigenvalue weighted by molar-refractivity contribution is 7.89. The largest absolute Gasteiger partial charge is 0.336 e. The molecule has 24 heavy (non-hydrogen) atoms. The van der Waals surface area contributed by atoms with Crippen molar-refractivity contribution in [1.29, 1.82) is 0 Å². The fourth-order valence-corrected chi connectivity index (χ4v) is 4.19. The summed E-state index contributed by atoms with van der Waals surface area (Å²) in [5.41, 5.74) is 0.540. The van der Waals surface area contributed by atoms with E-state index in [2.05, 4.69) is 23.5 Å². The average Bonchev–Trinajstić information content (AvgIpc) is 3.37. The Kier molecular flexibility index (Phi) is 4.94. The van der Waals surface area contributed by atoms with Crippen molar-refractivity contribution in [3.8, 4) is 0 Å². The number of piperazine rings is 1. The molecule has 7 heteroatoms. The SMILES string of the molecule is CC(C)N1CCN(C(=O)c2ccc(S(=O)(=O)NC3CC3)cc2)CC1. The molecule has 1 heterocycles. The minimum atomic E-state index is -3.46. The monoisotopic (exact) mass is 351 g/mol. The van der Waals surface area contributed by atoms with Crippen molar-refractivity contribution >= 4 is 15.9 Å². The molecule has 2 fully saturated rings. The van der Waals surface area contributed by atoms with Gasteiger partial charge in [-0.3, -0.25) is 9.69 Å². The lowest BCUT2D eigenvalue weighted by molar-refractivity contribution is 0.0595. The Balaban J connectivity index is 1.64. The number of sulfonamides is 1. The van der Waals surface area contributed by atoms with E-state index in [-0.39, 0.29) is 16.8 Å². The summed E-state index contributed by atoms with van der Waals surface area (Å²) in [7, 11) is -3.46. The first-order valence-electron chi connectivity index (χ1n) is 8.52. The summed E-state index contributed by atoms with van der Waals surface area (Å²) < 4.78 is 27.0. The number of nitrogens with one attached hydrogen (secondary N) is 1. The molecular weight excluding hydrogens is 326 g/mol. The van der Waals surface area contributed by atoms with Crippen molar-refractivity contribution in [2.75, 3.05) is 26.2 Å². The lowest BCUT2D eigenvalue weighted by atomic mass is 10.1. The van der Waals surface area contributed by atoms with Crippen LogP contribution < -0.4 is 4.72 Å². The van der Waals surface area contributed by atoms with Gasteiger partial charge in [-0.15, -0.1) is 0 Å². The Morgan fingerprint density at radius 2 is 1.67 bits per heavy atom. The highest BCUT2D eigenvalue weighted by atomic mass is 32.2. The summed E-state index contributed by atoms with van der Waals surface area (Å²) in [6.07, 6.45) is 1.80. The number of amides is 1. The van der Waals surface area contributed by atoms with Gasteiger partial charge >= 0.3 is 0 Å². The fraction of sp³-hybridized carbons (Fsp3) is 0.588. The molecule has 6 nitrogen and oxygen atoms in total. The maximum atomic E-state index is 12.6. The summed E-state index contributed by atoms with van der Waals surface area (Å²) in [6.45, 7) is 7.49. The number of carbonyl (C=O) groups excluding carboxylic acids is 1. The summed E-state index contributed by atoms with van der Waals surface area (Å²) in [6, 6.07) is 6.82. The third-order valence-corrected chi connectivity index (χ3v) is 6.18. The number of hydrogen-bond donors (Lipinski definition) is 1. The predicted molar refractivity (Wildman–Crippen MR) is 92.4 cm³/mol. The van der Waals surface area contributed by atoms with E-state index >= 15 is 0 Å². The molecule has 1 saturated carbocycles.